The van der Waals surface area contributed by atoms with E-state index in [4.69, 9.17) is 0 Å². The Morgan fingerprint density at radius 3 is 2.83 bits per heavy atom. The maximum Gasteiger partial charge on any atom is 0.224 e. The van der Waals surface area contributed by atoms with E-state index in [1.165, 1.54) is 6.42 Å². The van der Waals surface area contributed by atoms with E-state index in [1.54, 1.807) is 0 Å². The molecule has 2 fully saturated rings. The second-order valence-electron chi connectivity index (χ2n) is 7.15. The monoisotopic (exact) mass is 330 g/mol. The van der Waals surface area contributed by atoms with Crippen molar-refractivity contribution in [2.24, 2.45) is 0 Å². The lowest BCUT2D eigenvalue weighted by molar-refractivity contribution is -0.133. The van der Waals surface area contributed by atoms with Gasteiger partial charge in [0, 0.05) is 63.5 Å². The number of aromatic nitrogens is 1. The number of nitrogens with zero attached hydrogens (tertiary/aromatic N) is 3. The first-order valence-electron chi connectivity index (χ1n) is 9.33. The Balaban J connectivity index is 1.38. The van der Waals surface area contributed by atoms with Crippen LogP contribution < -0.4 is 5.32 Å². The van der Waals surface area contributed by atoms with Crippen LogP contribution in [0.3, 0.4) is 0 Å². The first-order chi connectivity index (χ1) is 11.7. The van der Waals surface area contributed by atoms with Crippen LogP contribution in [0.2, 0.25) is 0 Å². The molecule has 0 aromatic carbocycles. The van der Waals surface area contributed by atoms with Crippen LogP contribution in [0.15, 0.2) is 24.4 Å². The minimum absolute atomic E-state index is 0.307. The summed E-state index contributed by atoms with van der Waals surface area (Å²) in [5.41, 5.74) is 1.16. The zero-order chi connectivity index (χ0) is 16.8. The number of carbonyl (C=O) groups is 1. The molecule has 0 radical (unpaired) electrons. The lowest BCUT2D eigenvalue weighted by Crippen LogP contribution is -2.47. The van der Waals surface area contributed by atoms with E-state index in [9.17, 15) is 4.79 Å². The van der Waals surface area contributed by atoms with Crippen molar-refractivity contribution >= 4 is 5.91 Å². The first kappa shape index (κ1) is 17.4. The number of rotatable bonds is 6. The molecule has 5 heteroatoms. The molecule has 0 bridgehead atoms. The van der Waals surface area contributed by atoms with Crippen LogP contribution >= 0.6 is 0 Å². The fourth-order valence-corrected chi connectivity index (χ4v) is 3.84. The number of hydrogen-bond donors (Lipinski definition) is 1. The quantitative estimate of drug-likeness (QED) is 0.862. The van der Waals surface area contributed by atoms with Crippen molar-refractivity contribution in [3.05, 3.63) is 30.1 Å². The van der Waals surface area contributed by atoms with Gasteiger partial charge in [-0.1, -0.05) is 6.07 Å². The van der Waals surface area contributed by atoms with E-state index in [-0.39, 0.29) is 0 Å². The SMILES string of the molecule is CN(C(=O)CC1CCCN1)C1CCN(CCc2ccccn2)CC1. The molecule has 0 aliphatic carbocycles. The molecule has 0 spiro atoms. The van der Waals surface area contributed by atoms with Gasteiger partial charge in [0.05, 0.1) is 0 Å². The van der Waals surface area contributed by atoms with E-state index >= 15 is 0 Å². The number of amides is 1. The third-order valence-electron chi connectivity index (χ3n) is 5.49. The second-order valence-corrected chi connectivity index (χ2v) is 7.15. The predicted octanol–water partition coefficient (Wildman–Crippen LogP) is 1.69. The second kappa shape index (κ2) is 8.58. The number of piperidine rings is 1. The molecule has 1 unspecified atom stereocenters. The molecular formula is C19H30N4O. The summed E-state index contributed by atoms with van der Waals surface area (Å²) < 4.78 is 0. The van der Waals surface area contributed by atoms with Crippen molar-refractivity contribution in [1.29, 1.82) is 0 Å². The zero-order valence-corrected chi connectivity index (χ0v) is 14.8. The molecule has 2 aliphatic rings. The Morgan fingerprint density at radius 2 is 2.17 bits per heavy atom. The highest BCUT2D eigenvalue weighted by molar-refractivity contribution is 5.77. The largest absolute Gasteiger partial charge is 0.343 e. The van der Waals surface area contributed by atoms with Gasteiger partial charge in [0.25, 0.3) is 0 Å². The highest BCUT2D eigenvalue weighted by Gasteiger charge is 2.27. The maximum atomic E-state index is 12.5. The summed E-state index contributed by atoms with van der Waals surface area (Å²) in [6.07, 6.45) is 8.05. The van der Waals surface area contributed by atoms with Gasteiger partial charge in [-0.15, -0.1) is 0 Å². The van der Waals surface area contributed by atoms with Crippen molar-refractivity contribution in [1.82, 2.24) is 20.1 Å². The van der Waals surface area contributed by atoms with Gasteiger partial charge in [-0.25, -0.2) is 0 Å². The van der Waals surface area contributed by atoms with Crippen molar-refractivity contribution in [2.75, 3.05) is 33.2 Å². The summed E-state index contributed by atoms with van der Waals surface area (Å²) in [4.78, 5) is 21.4. The van der Waals surface area contributed by atoms with E-state index in [0.717, 1.165) is 57.6 Å². The van der Waals surface area contributed by atoms with Crippen molar-refractivity contribution in [3.63, 3.8) is 0 Å². The summed E-state index contributed by atoms with van der Waals surface area (Å²) >= 11 is 0. The molecule has 1 amide bonds. The maximum absolute atomic E-state index is 12.5. The third-order valence-corrected chi connectivity index (χ3v) is 5.49. The van der Waals surface area contributed by atoms with Gasteiger partial charge in [0.1, 0.15) is 0 Å². The van der Waals surface area contributed by atoms with Crippen LogP contribution in [-0.2, 0) is 11.2 Å². The summed E-state index contributed by atoms with van der Waals surface area (Å²) in [6, 6.07) is 6.91. The predicted molar refractivity (Wildman–Crippen MR) is 95.8 cm³/mol. The van der Waals surface area contributed by atoms with Crippen LogP contribution in [-0.4, -0.2) is 66.0 Å². The van der Waals surface area contributed by atoms with E-state index in [0.29, 0.717) is 24.4 Å². The lowest BCUT2D eigenvalue weighted by atomic mass is 10.0. The van der Waals surface area contributed by atoms with Crippen LogP contribution in [0.4, 0.5) is 0 Å². The third kappa shape index (κ3) is 4.77. The van der Waals surface area contributed by atoms with Gasteiger partial charge in [0.2, 0.25) is 5.91 Å². The molecule has 24 heavy (non-hydrogen) atoms. The van der Waals surface area contributed by atoms with Gasteiger partial charge in [-0.3, -0.25) is 9.78 Å². The molecule has 3 rings (SSSR count). The average molecular weight is 330 g/mol. The number of nitrogens with one attached hydrogen (secondary N) is 1. The molecule has 0 saturated carbocycles. The summed E-state index contributed by atoms with van der Waals surface area (Å²) in [6.45, 7) is 4.29. The molecule has 1 atom stereocenters. The topological polar surface area (TPSA) is 48.5 Å². The number of hydrogen-bond acceptors (Lipinski definition) is 4. The molecule has 2 saturated heterocycles. The van der Waals surface area contributed by atoms with Crippen LogP contribution in [0.1, 0.15) is 37.8 Å². The fraction of sp³-hybridized carbons (Fsp3) is 0.684. The Labute approximate surface area is 145 Å². The van der Waals surface area contributed by atoms with Crippen LogP contribution in [0.25, 0.3) is 0 Å². The zero-order valence-electron chi connectivity index (χ0n) is 14.8. The Morgan fingerprint density at radius 1 is 1.33 bits per heavy atom. The molecular weight excluding hydrogens is 300 g/mol. The van der Waals surface area contributed by atoms with Crippen molar-refractivity contribution in [3.8, 4) is 0 Å². The lowest BCUT2D eigenvalue weighted by Gasteiger charge is -2.37. The highest BCUT2D eigenvalue weighted by Crippen LogP contribution is 2.18. The van der Waals surface area contributed by atoms with Gasteiger partial charge >= 0.3 is 0 Å². The van der Waals surface area contributed by atoms with Crippen molar-refractivity contribution < 1.29 is 4.79 Å². The van der Waals surface area contributed by atoms with Gasteiger partial charge in [-0.05, 0) is 44.4 Å². The molecule has 132 valence electrons. The molecule has 1 N–H and O–H groups in total. The molecule has 5 nitrogen and oxygen atoms in total. The minimum atomic E-state index is 0.307. The van der Waals surface area contributed by atoms with Gasteiger partial charge < -0.3 is 15.1 Å². The molecule has 1 aromatic rings. The van der Waals surface area contributed by atoms with Gasteiger partial charge in [0.15, 0.2) is 0 Å². The Bertz CT molecular complexity index is 507. The smallest absolute Gasteiger partial charge is 0.224 e. The Kier molecular flexibility index (Phi) is 6.21. The number of carbonyl (C=O) groups excluding carboxylic acids is 1. The Hall–Kier alpha value is -1.46. The highest BCUT2D eigenvalue weighted by atomic mass is 16.2. The summed E-state index contributed by atoms with van der Waals surface area (Å²) in [7, 11) is 1.99. The minimum Gasteiger partial charge on any atom is -0.343 e. The van der Waals surface area contributed by atoms with E-state index < -0.39 is 0 Å². The molecule has 1 aromatic heterocycles. The average Bonchev–Trinajstić information content (AvgIpc) is 3.13. The van der Waals surface area contributed by atoms with E-state index in [1.807, 2.05) is 30.3 Å². The van der Waals surface area contributed by atoms with Gasteiger partial charge in [-0.2, -0.15) is 0 Å². The van der Waals surface area contributed by atoms with E-state index in [2.05, 4.69) is 21.3 Å². The van der Waals surface area contributed by atoms with Crippen LogP contribution in [0, 0.1) is 0 Å². The standard InChI is InChI=1S/C19H30N4O/c1-22(19(24)15-17-6-4-11-21-17)18-8-13-23(14-9-18)12-7-16-5-2-3-10-20-16/h2-3,5,10,17-18,21H,4,6-9,11-15H2,1H3. The molecule has 3 heterocycles. The van der Waals surface area contributed by atoms with Crippen LogP contribution in [0.5, 0.6) is 0 Å². The summed E-state index contributed by atoms with van der Waals surface area (Å²) in [5, 5.41) is 3.42. The number of pyridine rings is 1. The molecule has 2 aliphatic heterocycles. The van der Waals surface area contributed by atoms with Crippen molar-refractivity contribution in [2.45, 2.75) is 50.6 Å². The normalized spacial score (nSPS) is 22.6. The number of likely N-dealkylation sites (tertiary alicyclic amines) is 1. The first-order valence-corrected chi connectivity index (χ1v) is 9.33. The fourth-order valence-electron chi connectivity index (χ4n) is 3.84. The summed E-state index contributed by atoms with van der Waals surface area (Å²) in [5.74, 6) is 0.307.